The van der Waals surface area contributed by atoms with Gasteiger partial charge < -0.3 is 9.47 Å². The molecule has 6 nitrogen and oxygen atoms in total. The number of rotatable bonds is 9. The fraction of sp³-hybridized carbons (Fsp3) is 0.769. The Labute approximate surface area is 114 Å². The highest BCUT2D eigenvalue weighted by Gasteiger charge is 2.28. The first kappa shape index (κ1) is 14.1. The highest BCUT2D eigenvalue weighted by atomic mass is 16.5. The molecule has 1 aliphatic rings. The summed E-state index contributed by atoms with van der Waals surface area (Å²) >= 11 is 0. The van der Waals surface area contributed by atoms with E-state index < -0.39 is 12.3 Å². The summed E-state index contributed by atoms with van der Waals surface area (Å²) in [6, 6.07) is 0. The van der Waals surface area contributed by atoms with Crippen LogP contribution in [0.1, 0.15) is 28.0 Å². The predicted octanol–water partition coefficient (Wildman–Crippen LogP) is 0.394. The van der Waals surface area contributed by atoms with Gasteiger partial charge in [-0.15, -0.1) is 0 Å². The quantitative estimate of drug-likeness (QED) is 0.449. The van der Waals surface area contributed by atoms with Gasteiger partial charge in [-0.2, -0.15) is 0 Å². The molecule has 1 unspecified atom stereocenters. The Morgan fingerprint density at radius 2 is 1.95 bits per heavy atom. The van der Waals surface area contributed by atoms with Gasteiger partial charge in [-0.25, -0.2) is 0 Å². The Bertz CT molecular complexity index is 372. The molecular formula is C13H21NO5. The van der Waals surface area contributed by atoms with Crippen molar-refractivity contribution in [3.8, 4) is 0 Å². The molecule has 1 atom stereocenters. The lowest BCUT2D eigenvalue weighted by Crippen LogP contribution is -2.32. The molecule has 1 aliphatic heterocycles. The van der Waals surface area contributed by atoms with Gasteiger partial charge in [-0.05, 0) is 0 Å². The van der Waals surface area contributed by atoms with Crippen LogP contribution >= 0.6 is 0 Å². The van der Waals surface area contributed by atoms with Gasteiger partial charge in [0.05, 0.1) is 26.4 Å². The number of hydrogen-bond acceptors (Lipinski definition) is 5. The van der Waals surface area contributed by atoms with Crippen LogP contribution in [-0.2, 0) is 23.9 Å². The van der Waals surface area contributed by atoms with Crippen LogP contribution < -0.4 is 0 Å². The summed E-state index contributed by atoms with van der Waals surface area (Å²) in [5.41, 5.74) is 0. The molecule has 1 fully saturated rings. The molecule has 0 aromatic heterocycles. The maximum atomic E-state index is 11.4. The van der Waals surface area contributed by atoms with Gasteiger partial charge in [0.15, 0.2) is 5.78 Å². The summed E-state index contributed by atoms with van der Waals surface area (Å²) < 4.78 is 17.7. The van der Waals surface area contributed by atoms with Crippen molar-refractivity contribution in [2.75, 3.05) is 33.0 Å². The molecule has 108 valence electrons. The Morgan fingerprint density at radius 3 is 2.53 bits per heavy atom. The first-order chi connectivity index (χ1) is 9.43. The highest BCUT2D eigenvalue weighted by Crippen LogP contribution is 2.10. The molecule has 6 heteroatoms. The van der Waals surface area contributed by atoms with Gasteiger partial charge in [0, 0.05) is 20.1 Å². The molecule has 0 aromatic carbocycles. The predicted molar refractivity (Wildman–Crippen MR) is 67.4 cm³/mol. The molecule has 19 heavy (non-hydrogen) atoms. The van der Waals surface area contributed by atoms with Crippen LogP contribution in [0.15, 0.2) is 0 Å². The number of likely N-dealkylation sites (tertiary alicyclic amines) is 1. The Balaban J connectivity index is 2.04. The van der Waals surface area contributed by atoms with Gasteiger partial charge in [0.1, 0.15) is 6.61 Å². The van der Waals surface area contributed by atoms with Crippen LogP contribution in [0.5, 0.6) is 0 Å². The van der Waals surface area contributed by atoms with E-state index in [0.29, 0.717) is 13.2 Å². The minimum atomic E-state index is -0.965. The minimum absolute atomic E-state index is 0.0408. The number of ether oxygens (including phenoxy) is 2. The first-order valence-electron chi connectivity index (χ1n) is 6.96. The fourth-order valence-electron chi connectivity index (χ4n) is 1.47. The van der Waals surface area contributed by atoms with E-state index in [-0.39, 0.29) is 43.8 Å². The summed E-state index contributed by atoms with van der Waals surface area (Å²) in [6.07, 6.45) is -1.01. The molecule has 1 rings (SSSR count). The van der Waals surface area contributed by atoms with Crippen molar-refractivity contribution < 1.29 is 25.2 Å². The lowest BCUT2D eigenvalue weighted by atomic mass is 10.1. The molecule has 0 saturated carbocycles. The Morgan fingerprint density at radius 1 is 1.26 bits per heavy atom. The smallest absolute Gasteiger partial charge is 0.229 e. The summed E-state index contributed by atoms with van der Waals surface area (Å²) in [5.74, 6) is -0.782. The Kier molecular flexibility index (Phi) is 5.97. The fourth-order valence-corrected chi connectivity index (χ4v) is 1.47. The normalized spacial score (nSPS) is 20.3. The molecule has 0 radical (unpaired) electrons. The SMILES string of the molecule is [3H]C1CC(=O)N(CCOCCOCC(=O)C(C)C)C1=O. The van der Waals surface area contributed by atoms with Gasteiger partial charge in [0.2, 0.25) is 11.8 Å². The third-order valence-corrected chi connectivity index (χ3v) is 2.74. The van der Waals surface area contributed by atoms with Crippen LogP contribution in [0.3, 0.4) is 0 Å². The number of hydrogen-bond donors (Lipinski definition) is 0. The van der Waals surface area contributed by atoms with E-state index in [0.717, 1.165) is 4.90 Å². The summed E-state index contributed by atoms with van der Waals surface area (Å²) in [5, 5.41) is 0. The molecule has 2 amide bonds. The van der Waals surface area contributed by atoms with E-state index in [2.05, 4.69) is 0 Å². The number of Topliss-reactive ketones (excluding diaryl/α,β-unsaturated/α-hetero) is 1. The third kappa shape index (κ3) is 5.48. The second kappa shape index (κ2) is 8.01. The summed E-state index contributed by atoms with van der Waals surface area (Å²) in [4.78, 5) is 35.1. The molecule has 0 aliphatic carbocycles. The van der Waals surface area contributed by atoms with Crippen molar-refractivity contribution in [2.45, 2.75) is 26.7 Å². The van der Waals surface area contributed by atoms with Gasteiger partial charge in [-0.3, -0.25) is 19.3 Å². The number of ketones is 1. The van der Waals surface area contributed by atoms with E-state index in [4.69, 9.17) is 10.8 Å². The van der Waals surface area contributed by atoms with Crippen LogP contribution in [0.4, 0.5) is 0 Å². The molecular weight excluding hydrogens is 250 g/mol. The second-order valence-corrected chi connectivity index (χ2v) is 4.58. The number of imide groups is 1. The van der Waals surface area contributed by atoms with Crippen molar-refractivity contribution in [2.24, 2.45) is 5.92 Å². The molecule has 0 bridgehead atoms. The van der Waals surface area contributed by atoms with E-state index in [9.17, 15) is 14.4 Å². The van der Waals surface area contributed by atoms with Crippen LogP contribution in [-0.4, -0.2) is 55.5 Å². The van der Waals surface area contributed by atoms with E-state index in [1.165, 1.54) is 0 Å². The zero-order chi connectivity index (χ0) is 15.1. The third-order valence-electron chi connectivity index (χ3n) is 2.74. The van der Waals surface area contributed by atoms with E-state index in [1.807, 2.05) is 13.8 Å². The van der Waals surface area contributed by atoms with Crippen molar-refractivity contribution >= 4 is 17.6 Å². The maximum absolute atomic E-state index is 11.4. The maximum Gasteiger partial charge on any atom is 0.229 e. The summed E-state index contributed by atoms with van der Waals surface area (Å²) in [7, 11) is 0. The number of amides is 2. The lowest BCUT2D eigenvalue weighted by molar-refractivity contribution is -0.139. The van der Waals surface area contributed by atoms with Crippen molar-refractivity contribution in [3.63, 3.8) is 0 Å². The lowest BCUT2D eigenvalue weighted by Gasteiger charge is -2.13. The van der Waals surface area contributed by atoms with Crippen LogP contribution in [0, 0.1) is 5.92 Å². The van der Waals surface area contributed by atoms with E-state index >= 15 is 0 Å². The number of carbonyl (C=O) groups is 3. The molecule has 0 aromatic rings. The van der Waals surface area contributed by atoms with Gasteiger partial charge >= 0.3 is 0 Å². The zero-order valence-corrected chi connectivity index (χ0v) is 11.4. The monoisotopic (exact) mass is 273 g/mol. The molecule has 0 spiro atoms. The molecule has 1 heterocycles. The van der Waals surface area contributed by atoms with Gasteiger partial charge in [-0.1, -0.05) is 13.8 Å². The minimum Gasteiger partial charge on any atom is -0.377 e. The van der Waals surface area contributed by atoms with Crippen molar-refractivity contribution in [1.82, 2.24) is 4.90 Å². The molecule has 1 saturated heterocycles. The summed E-state index contributed by atoms with van der Waals surface area (Å²) in [6.45, 7) is 4.67. The average Bonchev–Trinajstić information content (AvgIpc) is 2.63. The Hall–Kier alpha value is -1.27. The van der Waals surface area contributed by atoms with Crippen LogP contribution in [0.25, 0.3) is 0 Å². The highest BCUT2D eigenvalue weighted by molar-refractivity contribution is 6.01. The average molecular weight is 273 g/mol. The largest absolute Gasteiger partial charge is 0.377 e. The van der Waals surface area contributed by atoms with Gasteiger partial charge in [0.25, 0.3) is 0 Å². The van der Waals surface area contributed by atoms with Crippen LogP contribution in [0.2, 0.25) is 0 Å². The standard InChI is InChI=1S/C13H21NO5/c1-10(2)11(15)9-19-8-7-18-6-5-14-12(16)3-4-13(14)17/h10H,3-9H2,1-2H3/i3T. The topological polar surface area (TPSA) is 72.9 Å². The molecule has 0 N–H and O–H groups in total. The second-order valence-electron chi connectivity index (χ2n) is 4.58. The van der Waals surface area contributed by atoms with Crippen molar-refractivity contribution in [1.29, 1.82) is 0 Å². The van der Waals surface area contributed by atoms with Crippen molar-refractivity contribution in [3.05, 3.63) is 0 Å². The zero-order valence-electron chi connectivity index (χ0n) is 12.4. The number of nitrogens with zero attached hydrogens (tertiary/aromatic N) is 1. The number of carbonyl (C=O) groups excluding carboxylic acids is 3. The first-order valence-corrected chi connectivity index (χ1v) is 6.38. The van der Waals surface area contributed by atoms with E-state index in [1.54, 1.807) is 0 Å².